The Kier molecular flexibility index (Phi) is 5.17. The number of carbonyl (C=O) groups excluding carboxylic acids is 2. The molecule has 1 saturated heterocycles. The average molecular weight is 272 g/mol. The van der Waals surface area contributed by atoms with Crippen LogP contribution < -0.4 is 0 Å². The van der Waals surface area contributed by atoms with Crippen molar-refractivity contribution in [3.8, 4) is 0 Å². The third kappa shape index (κ3) is 5.06. The van der Waals surface area contributed by atoms with E-state index in [0.717, 1.165) is 0 Å². The zero-order valence-electron chi connectivity index (χ0n) is 12.2. The molecule has 19 heavy (non-hydrogen) atoms. The van der Waals surface area contributed by atoms with Crippen molar-refractivity contribution < 1.29 is 19.4 Å². The van der Waals surface area contributed by atoms with Gasteiger partial charge in [0.25, 0.3) is 0 Å². The minimum Gasteiger partial charge on any atom is -0.442 e. The van der Waals surface area contributed by atoms with E-state index in [-0.39, 0.29) is 5.91 Å². The van der Waals surface area contributed by atoms with Gasteiger partial charge >= 0.3 is 6.09 Å². The SMILES string of the molecule is CC(O)CCN1C(=O)CCCN1C(=O)OC(C)(C)C. The van der Waals surface area contributed by atoms with Gasteiger partial charge in [0.05, 0.1) is 6.10 Å². The van der Waals surface area contributed by atoms with Crippen LogP contribution in [-0.4, -0.2) is 51.9 Å². The van der Waals surface area contributed by atoms with E-state index in [9.17, 15) is 14.7 Å². The summed E-state index contributed by atoms with van der Waals surface area (Å²) in [6.45, 7) is 7.83. The van der Waals surface area contributed by atoms with Crippen LogP contribution in [-0.2, 0) is 9.53 Å². The van der Waals surface area contributed by atoms with Gasteiger partial charge in [-0.1, -0.05) is 0 Å². The molecule has 1 fully saturated rings. The first kappa shape index (κ1) is 15.8. The van der Waals surface area contributed by atoms with E-state index in [4.69, 9.17) is 4.74 Å². The third-order valence-corrected chi connectivity index (χ3v) is 2.70. The summed E-state index contributed by atoms with van der Waals surface area (Å²) >= 11 is 0. The number of hydrazine groups is 1. The minimum absolute atomic E-state index is 0.0993. The molecule has 110 valence electrons. The van der Waals surface area contributed by atoms with Crippen LogP contribution in [0.2, 0.25) is 0 Å². The molecule has 1 aliphatic heterocycles. The smallest absolute Gasteiger partial charge is 0.429 e. The highest BCUT2D eigenvalue weighted by molar-refractivity contribution is 5.80. The van der Waals surface area contributed by atoms with Crippen molar-refractivity contribution in [3.05, 3.63) is 0 Å². The molecule has 6 heteroatoms. The van der Waals surface area contributed by atoms with Crippen LogP contribution in [0.3, 0.4) is 0 Å². The van der Waals surface area contributed by atoms with Crippen LogP contribution >= 0.6 is 0 Å². The number of nitrogens with zero attached hydrogens (tertiary/aromatic N) is 2. The van der Waals surface area contributed by atoms with Crippen molar-refractivity contribution in [3.63, 3.8) is 0 Å². The average Bonchev–Trinajstić information content (AvgIpc) is 2.24. The van der Waals surface area contributed by atoms with Crippen LogP contribution in [0.15, 0.2) is 0 Å². The predicted octanol–water partition coefficient (Wildman–Crippen LogP) is 1.53. The topological polar surface area (TPSA) is 70.1 Å². The predicted molar refractivity (Wildman–Crippen MR) is 70.2 cm³/mol. The Bertz CT molecular complexity index is 336. The zero-order chi connectivity index (χ0) is 14.6. The van der Waals surface area contributed by atoms with Gasteiger partial charge in [-0.05, 0) is 40.5 Å². The molecule has 0 aliphatic carbocycles. The second kappa shape index (κ2) is 6.23. The maximum absolute atomic E-state index is 12.1. The summed E-state index contributed by atoms with van der Waals surface area (Å²) in [5, 5.41) is 12.0. The lowest BCUT2D eigenvalue weighted by Crippen LogP contribution is -2.55. The van der Waals surface area contributed by atoms with E-state index in [1.807, 2.05) is 0 Å². The molecule has 0 spiro atoms. The summed E-state index contributed by atoms with van der Waals surface area (Å²) in [5.74, 6) is -0.0993. The molecule has 1 aliphatic rings. The highest BCUT2D eigenvalue weighted by atomic mass is 16.6. The van der Waals surface area contributed by atoms with Crippen LogP contribution in [0.4, 0.5) is 4.79 Å². The second-order valence-electron chi connectivity index (χ2n) is 5.86. The quantitative estimate of drug-likeness (QED) is 0.846. The lowest BCUT2D eigenvalue weighted by molar-refractivity contribution is -0.154. The first-order chi connectivity index (χ1) is 8.70. The Balaban J connectivity index is 2.70. The number of ether oxygens (including phenoxy) is 1. The van der Waals surface area contributed by atoms with Gasteiger partial charge in [-0.25, -0.2) is 14.8 Å². The van der Waals surface area contributed by atoms with Gasteiger partial charge in [-0.15, -0.1) is 0 Å². The van der Waals surface area contributed by atoms with Crippen molar-refractivity contribution in [1.29, 1.82) is 0 Å². The van der Waals surface area contributed by atoms with E-state index < -0.39 is 17.8 Å². The molecule has 0 aromatic rings. The Morgan fingerprint density at radius 3 is 2.63 bits per heavy atom. The Morgan fingerprint density at radius 1 is 1.47 bits per heavy atom. The van der Waals surface area contributed by atoms with Crippen molar-refractivity contribution in [2.75, 3.05) is 13.1 Å². The van der Waals surface area contributed by atoms with Crippen molar-refractivity contribution >= 4 is 12.0 Å². The van der Waals surface area contributed by atoms with E-state index in [0.29, 0.717) is 32.4 Å². The number of hydrogen-bond acceptors (Lipinski definition) is 4. The highest BCUT2D eigenvalue weighted by Gasteiger charge is 2.32. The standard InChI is InChI=1S/C13H24N2O4/c1-10(16)7-9-14-11(17)6-5-8-15(14)12(18)19-13(2,3)4/h10,16H,5-9H2,1-4H3. The number of amides is 2. The van der Waals surface area contributed by atoms with Gasteiger partial charge in [0.2, 0.25) is 5.91 Å². The first-order valence-electron chi connectivity index (χ1n) is 6.69. The maximum atomic E-state index is 12.1. The molecule has 1 atom stereocenters. The molecule has 0 aromatic heterocycles. The van der Waals surface area contributed by atoms with E-state index in [1.165, 1.54) is 10.0 Å². The van der Waals surface area contributed by atoms with Gasteiger partial charge < -0.3 is 9.84 Å². The minimum atomic E-state index is -0.590. The van der Waals surface area contributed by atoms with Crippen LogP contribution in [0, 0.1) is 0 Å². The van der Waals surface area contributed by atoms with E-state index in [2.05, 4.69) is 0 Å². The monoisotopic (exact) mass is 272 g/mol. The largest absolute Gasteiger partial charge is 0.442 e. The second-order valence-corrected chi connectivity index (χ2v) is 5.86. The summed E-state index contributed by atoms with van der Waals surface area (Å²) in [7, 11) is 0. The van der Waals surface area contributed by atoms with Gasteiger partial charge in [0.15, 0.2) is 0 Å². The number of aliphatic hydroxyl groups excluding tert-OH is 1. The maximum Gasteiger partial charge on any atom is 0.429 e. The molecular formula is C13H24N2O4. The summed E-state index contributed by atoms with van der Waals surface area (Å²) in [6.07, 6.45) is 0.495. The van der Waals surface area contributed by atoms with Gasteiger partial charge in [-0.3, -0.25) is 4.79 Å². The third-order valence-electron chi connectivity index (χ3n) is 2.70. The molecular weight excluding hydrogens is 248 g/mol. The molecule has 1 unspecified atom stereocenters. The van der Waals surface area contributed by atoms with Gasteiger partial charge in [0, 0.05) is 19.5 Å². The molecule has 0 radical (unpaired) electrons. The number of carbonyl (C=O) groups is 2. The van der Waals surface area contributed by atoms with Crippen molar-refractivity contribution in [1.82, 2.24) is 10.0 Å². The summed E-state index contributed by atoms with van der Waals surface area (Å²) in [6, 6.07) is 0. The summed E-state index contributed by atoms with van der Waals surface area (Å²) < 4.78 is 5.29. The fourth-order valence-corrected chi connectivity index (χ4v) is 1.82. The molecule has 0 aromatic carbocycles. The van der Waals surface area contributed by atoms with Crippen molar-refractivity contribution in [2.24, 2.45) is 0 Å². The normalized spacial score (nSPS) is 18.5. The summed E-state index contributed by atoms with van der Waals surface area (Å²) in [4.78, 5) is 23.9. The highest BCUT2D eigenvalue weighted by Crippen LogP contribution is 2.17. The van der Waals surface area contributed by atoms with Crippen molar-refractivity contribution in [2.45, 2.75) is 58.7 Å². The van der Waals surface area contributed by atoms with E-state index in [1.54, 1.807) is 27.7 Å². The molecule has 6 nitrogen and oxygen atoms in total. The number of rotatable bonds is 3. The first-order valence-corrected chi connectivity index (χ1v) is 6.69. The van der Waals surface area contributed by atoms with Crippen LogP contribution in [0.5, 0.6) is 0 Å². The lowest BCUT2D eigenvalue weighted by Gasteiger charge is -2.39. The molecule has 1 rings (SSSR count). The fraction of sp³-hybridized carbons (Fsp3) is 0.846. The number of aliphatic hydroxyl groups is 1. The number of hydrogen-bond donors (Lipinski definition) is 1. The molecule has 0 saturated carbocycles. The Hall–Kier alpha value is -1.30. The van der Waals surface area contributed by atoms with Gasteiger partial charge in [-0.2, -0.15) is 0 Å². The summed E-state index contributed by atoms with van der Waals surface area (Å²) in [5.41, 5.74) is -0.590. The molecule has 1 heterocycles. The Morgan fingerprint density at radius 2 is 2.11 bits per heavy atom. The molecule has 2 amide bonds. The van der Waals surface area contributed by atoms with E-state index >= 15 is 0 Å². The zero-order valence-corrected chi connectivity index (χ0v) is 12.2. The van der Waals surface area contributed by atoms with Crippen LogP contribution in [0.1, 0.15) is 47.0 Å². The fourth-order valence-electron chi connectivity index (χ4n) is 1.82. The molecule has 0 bridgehead atoms. The van der Waals surface area contributed by atoms with Crippen LogP contribution in [0.25, 0.3) is 0 Å². The molecule has 1 N–H and O–H groups in total. The Labute approximate surface area is 114 Å². The van der Waals surface area contributed by atoms with Gasteiger partial charge in [0.1, 0.15) is 5.60 Å². The lowest BCUT2D eigenvalue weighted by atomic mass is 10.2.